The van der Waals surface area contributed by atoms with Crippen LogP contribution in [0.1, 0.15) is 30.9 Å². The standard InChI is InChI=1S/C12H16FNO/c1-2-8-5-9(11(15)10(13)6-8)12(7-14)3-4-12/h5-6,15H,2-4,7,14H2,1H3. The average Bonchev–Trinajstić information content (AvgIpc) is 3.02. The van der Waals surface area contributed by atoms with Crippen molar-refractivity contribution in [3.8, 4) is 5.75 Å². The number of halogens is 1. The number of phenolic OH excluding ortho intramolecular Hbond substituents is 1. The minimum atomic E-state index is -0.524. The van der Waals surface area contributed by atoms with Crippen LogP contribution in [-0.2, 0) is 11.8 Å². The van der Waals surface area contributed by atoms with Gasteiger partial charge in [0, 0.05) is 17.5 Å². The van der Waals surface area contributed by atoms with Crippen LogP contribution in [0.3, 0.4) is 0 Å². The van der Waals surface area contributed by atoms with Gasteiger partial charge in [-0.15, -0.1) is 0 Å². The van der Waals surface area contributed by atoms with Crippen LogP contribution in [-0.4, -0.2) is 11.7 Å². The van der Waals surface area contributed by atoms with Gasteiger partial charge in [0.15, 0.2) is 11.6 Å². The molecule has 3 heteroatoms. The first-order valence-corrected chi connectivity index (χ1v) is 5.35. The third kappa shape index (κ3) is 1.61. The van der Waals surface area contributed by atoms with Crippen LogP contribution in [0.25, 0.3) is 0 Å². The van der Waals surface area contributed by atoms with Crippen LogP contribution in [0.15, 0.2) is 12.1 Å². The monoisotopic (exact) mass is 209 g/mol. The maximum atomic E-state index is 13.4. The van der Waals surface area contributed by atoms with E-state index in [1.807, 2.05) is 13.0 Å². The lowest BCUT2D eigenvalue weighted by Crippen LogP contribution is -2.20. The van der Waals surface area contributed by atoms with Crippen molar-refractivity contribution in [3.05, 3.63) is 29.1 Å². The van der Waals surface area contributed by atoms with Gasteiger partial charge in [0.2, 0.25) is 0 Å². The molecule has 1 saturated carbocycles. The molecule has 0 heterocycles. The third-order valence-corrected chi connectivity index (χ3v) is 3.35. The summed E-state index contributed by atoms with van der Waals surface area (Å²) < 4.78 is 13.4. The van der Waals surface area contributed by atoms with Crippen molar-refractivity contribution in [2.24, 2.45) is 5.73 Å². The number of aryl methyl sites for hydroxylation is 1. The van der Waals surface area contributed by atoms with E-state index in [1.54, 1.807) is 0 Å². The second-order valence-electron chi connectivity index (χ2n) is 4.31. The Morgan fingerprint density at radius 2 is 2.13 bits per heavy atom. The Labute approximate surface area is 88.9 Å². The molecule has 1 aliphatic rings. The van der Waals surface area contributed by atoms with Crippen molar-refractivity contribution in [2.75, 3.05) is 6.54 Å². The molecule has 0 saturated heterocycles. The molecule has 15 heavy (non-hydrogen) atoms. The summed E-state index contributed by atoms with van der Waals surface area (Å²) in [5.74, 6) is -0.737. The Morgan fingerprint density at radius 1 is 1.47 bits per heavy atom. The summed E-state index contributed by atoms with van der Waals surface area (Å²) in [6.07, 6.45) is 2.66. The lowest BCUT2D eigenvalue weighted by molar-refractivity contribution is 0.418. The first-order valence-electron chi connectivity index (χ1n) is 5.35. The van der Waals surface area contributed by atoms with Gasteiger partial charge >= 0.3 is 0 Å². The predicted octanol–water partition coefficient (Wildman–Crippen LogP) is 2.08. The van der Waals surface area contributed by atoms with E-state index in [9.17, 15) is 9.50 Å². The molecule has 0 aromatic heterocycles. The zero-order chi connectivity index (χ0) is 11.1. The number of phenols is 1. The molecule has 0 spiro atoms. The molecule has 0 unspecified atom stereocenters. The van der Waals surface area contributed by atoms with E-state index in [1.165, 1.54) is 6.07 Å². The number of nitrogens with two attached hydrogens (primary N) is 1. The van der Waals surface area contributed by atoms with Gasteiger partial charge in [0.1, 0.15) is 0 Å². The molecular weight excluding hydrogens is 193 g/mol. The normalized spacial score (nSPS) is 17.8. The van der Waals surface area contributed by atoms with E-state index >= 15 is 0 Å². The van der Waals surface area contributed by atoms with Gasteiger partial charge in [-0.1, -0.05) is 13.0 Å². The van der Waals surface area contributed by atoms with Gasteiger partial charge in [-0.25, -0.2) is 4.39 Å². The lowest BCUT2D eigenvalue weighted by atomic mass is 9.92. The maximum absolute atomic E-state index is 13.4. The largest absolute Gasteiger partial charge is 0.505 e. The summed E-state index contributed by atoms with van der Waals surface area (Å²) in [7, 11) is 0. The molecule has 1 fully saturated rings. The van der Waals surface area contributed by atoms with Gasteiger partial charge in [-0.3, -0.25) is 0 Å². The van der Waals surface area contributed by atoms with Gasteiger partial charge in [0.25, 0.3) is 0 Å². The highest BCUT2D eigenvalue weighted by atomic mass is 19.1. The fourth-order valence-electron chi connectivity index (χ4n) is 2.00. The summed E-state index contributed by atoms with van der Waals surface area (Å²) in [5, 5.41) is 9.69. The zero-order valence-electron chi connectivity index (χ0n) is 8.89. The summed E-state index contributed by atoms with van der Waals surface area (Å²) in [5.41, 5.74) is 7.13. The van der Waals surface area contributed by atoms with Crippen LogP contribution in [0, 0.1) is 5.82 Å². The van der Waals surface area contributed by atoms with E-state index in [0.29, 0.717) is 12.1 Å². The highest BCUT2D eigenvalue weighted by molar-refractivity contribution is 5.46. The number of hydrogen-bond donors (Lipinski definition) is 2. The first kappa shape index (κ1) is 10.4. The van der Waals surface area contributed by atoms with Crippen LogP contribution < -0.4 is 5.73 Å². The van der Waals surface area contributed by atoms with E-state index in [0.717, 1.165) is 24.8 Å². The number of benzene rings is 1. The lowest BCUT2D eigenvalue weighted by Gasteiger charge is -2.16. The van der Waals surface area contributed by atoms with Crippen LogP contribution in [0.4, 0.5) is 4.39 Å². The molecule has 1 aromatic carbocycles. The number of rotatable bonds is 3. The summed E-state index contributed by atoms with van der Waals surface area (Å²) in [4.78, 5) is 0. The topological polar surface area (TPSA) is 46.2 Å². The van der Waals surface area contributed by atoms with Crippen molar-refractivity contribution in [2.45, 2.75) is 31.6 Å². The van der Waals surface area contributed by atoms with Crippen molar-refractivity contribution in [1.29, 1.82) is 0 Å². The highest BCUT2D eigenvalue weighted by Gasteiger charge is 2.45. The van der Waals surface area contributed by atoms with Crippen molar-refractivity contribution >= 4 is 0 Å². The zero-order valence-corrected chi connectivity index (χ0v) is 8.89. The molecule has 82 valence electrons. The van der Waals surface area contributed by atoms with E-state index in [-0.39, 0.29) is 11.2 Å². The van der Waals surface area contributed by atoms with E-state index in [4.69, 9.17) is 5.73 Å². The highest BCUT2D eigenvalue weighted by Crippen LogP contribution is 2.51. The molecule has 2 rings (SSSR count). The molecule has 1 aromatic rings. The molecular formula is C12H16FNO. The second kappa shape index (κ2) is 3.49. The average molecular weight is 209 g/mol. The van der Waals surface area contributed by atoms with E-state index < -0.39 is 5.82 Å². The third-order valence-electron chi connectivity index (χ3n) is 3.35. The Bertz CT molecular complexity index is 385. The van der Waals surface area contributed by atoms with Crippen LogP contribution >= 0.6 is 0 Å². The van der Waals surface area contributed by atoms with Crippen molar-refractivity contribution in [1.82, 2.24) is 0 Å². The van der Waals surface area contributed by atoms with Gasteiger partial charge in [0.05, 0.1) is 0 Å². The minimum Gasteiger partial charge on any atom is -0.505 e. The Balaban J connectivity index is 2.50. The summed E-state index contributed by atoms with van der Waals surface area (Å²) in [6, 6.07) is 3.28. The van der Waals surface area contributed by atoms with Gasteiger partial charge < -0.3 is 10.8 Å². The Morgan fingerprint density at radius 3 is 2.60 bits per heavy atom. The molecule has 3 N–H and O–H groups in total. The Hall–Kier alpha value is -1.09. The summed E-state index contributed by atoms with van der Waals surface area (Å²) in [6.45, 7) is 2.45. The molecule has 0 radical (unpaired) electrons. The minimum absolute atomic E-state index is 0.157. The SMILES string of the molecule is CCc1cc(F)c(O)c(C2(CN)CC2)c1. The molecule has 2 nitrogen and oxygen atoms in total. The van der Waals surface area contributed by atoms with Gasteiger partial charge in [-0.05, 0) is 30.9 Å². The molecule has 0 amide bonds. The van der Waals surface area contributed by atoms with Gasteiger partial charge in [-0.2, -0.15) is 0 Å². The van der Waals surface area contributed by atoms with Crippen molar-refractivity contribution in [3.63, 3.8) is 0 Å². The van der Waals surface area contributed by atoms with Crippen molar-refractivity contribution < 1.29 is 9.50 Å². The fourth-order valence-corrected chi connectivity index (χ4v) is 2.00. The van der Waals surface area contributed by atoms with Crippen LogP contribution in [0.5, 0.6) is 5.75 Å². The summed E-state index contributed by atoms with van der Waals surface area (Å²) >= 11 is 0. The number of hydrogen-bond acceptors (Lipinski definition) is 2. The molecule has 0 bridgehead atoms. The molecule has 0 aliphatic heterocycles. The molecule has 1 aliphatic carbocycles. The molecule has 0 atom stereocenters. The Kier molecular flexibility index (Phi) is 2.43. The predicted molar refractivity (Wildman–Crippen MR) is 57.4 cm³/mol. The smallest absolute Gasteiger partial charge is 0.165 e. The van der Waals surface area contributed by atoms with E-state index in [2.05, 4.69) is 0 Å². The second-order valence-corrected chi connectivity index (χ2v) is 4.31. The fraction of sp³-hybridized carbons (Fsp3) is 0.500. The first-order chi connectivity index (χ1) is 7.13. The number of aromatic hydroxyl groups is 1. The quantitative estimate of drug-likeness (QED) is 0.800. The van der Waals surface area contributed by atoms with Crippen LogP contribution in [0.2, 0.25) is 0 Å². The maximum Gasteiger partial charge on any atom is 0.165 e.